The average molecular weight is 414 g/mol. The van der Waals surface area contributed by atoms with E-state index in [1.165, 1.54) is 12.1 Å². The molecule has 9 heteroatoms. The number of alkyl halides is 3. The lowest BCUT2D eigenvalue weighted by Gasteiger charge is -2.31. The zero-order chi connectivity index (χ0) is 18.4. The van der Waals surface area contributed by atoms with Gasteiger partial charge < -0.3 is 10.6 Å². The van der Waals surface area contributed by atoms with Crippen molar-refractivity contribution >= 4 is 35.6 Å². The Bertz CT molecular complexity index is 591. The smallest absolute Gasteiger partial charge is 0.323 e. The summed E-state index contributed by atoms with van der Waals surface area (Å²) in [5, 5.41) is 5.35. The van der Waals surface area contributed by atoms with Gasteiger partial charge in [-0.25, -0.2) is 0 Å². The number of carbonyl (C=O) groups is 1. The fraction of sp³-hybridized carbons (Fsp3) is 0.588. The number of nitrogens with zero attached hydrogens (tertiary/aromatic N) is 1. The summed E-state index contributed by atoms with van der Waals surface area (Å²) in [5.41, 5.74) is -1.30. The van der Waals surface area contributed by atoms with Crippen molar-refractivity contribution in [2.75, 3.05) is 38.5 Å². The van der Waals surface area contributed by atoms with Crippen LogP contribution in [0.4, 0.5) is 18.9 Å². The van der Waals surface area contributed by atoms with Crippen molar-refractivity contribution in [1.82, 2.24) is 10.2 Å². The van der Waals surface area contributed by atoms with Crippen LogP contribution in [0, 0.1) is 5.92 Å². The molecule has 0 bridgehead atoms. The topological polar surface area (TPSA) is 44.4 Å². The number of benzene rings is 1. The van der Waals surface area contributed by atoms with E-state index in [1.54, 1.807) is 0 Å². The first-order valence-corrected chi connectivity index (χ1v) is 8.71. The molecule has 1 heterocycles. The number of amides is 1. The standard InChI is InChI=1S/C17H23ClF3N3O.ClH/c1-22-8-5-12-6-9-24(10-7-12)11-15(25)23-16-13(17(19,20)21)3-2-4-14(16)18;/h2-4,12,22H,5-11H2,1H3,(H,23,25);1H. The van der Waals surface area contributed by atoms with E-state index in [9.17, 15) is 18.0 Å². The zero-order valence-electron chi connectivity index (χ0n) is 14.5. The molecule has 2 rings (SSSR count). The van der Waals surface area contributed by atoms with E-state index in [0.29, 0.717) is 5.92 Å². The Balaban J connectivity index is 0.00000338. The number of likely N-dealkylation sites (tertiary alicyclic amines) is 1. The summed E-state index contributed by atoms with van der Waals surface area (Å²) in [6.45, 7) is 2.59. The predicted molar refractivity (Wildman–Crippen MR) is 100 cm³/mol. The van der Waals surface area contributed by atoms with E-state index >= 15 is 0 Å². The molecule has 1 amide bonds. The molecule has 0 saturated carbocycles. The monoisotopic (exact) mass is 413 g/mol. The van der Waals surface area contributed by atoms with E-state index in [-0.39, 0.29) is 29.7 Å². The van der Waals surface area contributed by atoms with Crippen LogP contribution < -0.4 is 10.6 Å². The minimum absolute atomic E-state index is 0. The summed E-state index contributed by atoms with van der Waals surface area (Å²) in [6, 6.07) is 3.46. The second kappa shape index (κ2) is 10.3. The number of carbonyl (C=O) groups excluding carboxylic acids is 1. The van der Waals surface area contributed by atoms with Crippen LogP contribution in [-0.2, 0) is 11.0 Å². The Morgan fingerprint density at radius 2 is 1.96 bits per heavy atom. The first kappa shape index (κ1) is 23.0. The van der Waals surface area contributed by atoms with Gasteiger partial charge >= 0.3 is 6.18 Å². The van der Waals surface area contributed by atoms with Crippen molar-refractivity contribution in [3.8, 4) is 0 Å². The normalized spacial score (nSPS) is 16.2. The van der Waals surface area contributed by atoms with E-state index in [1.807, 2.05) is 11.9 Å². The van der Waals surface area contributed by atoms with Crippen LogP contribution in [0.25, 0.3) is 0 Å². The van der Waals surface area contributed by atoms with Gasteiger partial charge in [-0.3, -0.25) is 9.69 Å². The number of halogens is 5. The second-order valence-corrected chi connectivity index (χ2v) is 6.73. The summed E-state index contributed by atoms with van der Waals surface area (Å²) in [7, 11) is 1.92. The van der Waals surface area contributed by atoms with E-state index in [2.05, 4.69) is 10.6 Å². The van der Waals surface area contributed by atoms with Gasteiger partial charge in [0.05, 0.1) is 22.8 Å². The molecule has 1 aliphatic heterocycles. The van der Waals surface area contributed by atoms with Crippen LogP contribution in [0.1, 0.15) is 24.8 Å². The van der Waals surface area contributed by atoms with Crippen LogP contribution in [-0.4, -0.2) is 44.0 Å². The van der Waals surface area contributed by atoms with Crippen molar-refractivity contribution < 1.29 is 18.0 Å². The van der Waals surface area contributed by atoms with Gasteiger partial charge in [0.2, 0.25) is 5.91 Å². The number of anilines is 1. The minimum atomic E-state index is -4.57. The summed E-state index contributed by atoms with van der Waals surface area (Å²) in [4.78, 5) is 14.1. The first-order valence-electron chi connectivity index (χ1n) is 8.33. The van der Waals surface area contributed by atoms with Gasteiger partial charge in [0.15, 0.2) is 0 Å². The maximum Gasteiger partial charge on any atom is 0.418 e. The number of nitrogens with one attached hydrogen (secondary N) is 2. The van der Waals surface area contributed by atoms with Crippen molar-refractivity contribution in [2.24, 2.45) is 5.92 Å². The van der Waals surface area contributed by atoms with Gasteiger partial charge in [-0.05, 0) is 64.0 Å². The number of hydrogen-bond donors (Lipinski definition) is 2. The minimum Gasteiger partial charge on any atom is -0.323 e. The molecule has 0 atom stereocenters. The summed E-state index contributed by atoms with van der Waals surface area (Å²) in [5.74, 6) is 0.152. The molecule has 1 aliphatic rings. The number of hydrogen-bond acceptors (Lipinski definition) is 3. The highest BCUT2D eigenvalue weighted by molar-refractivity contribution is 6.34. The maximum absolute atomic E-state index is 13.1. The molecular formula is C17H24Cl2F3N3O. The van der Waals surface area contributed by atoms with Crippen molar-refractivity contribution in [2.45, 2.75) is 25.4 Å². The second-order valence-electron chi connectivity index (χ2n) is 6.32. The lowest BCUT2D eigenvalue weighted by molar-refractivity contribution is -0.137. The van der Waals surface area contributed by atoms with Crippen LogP contribution >= 0.6 is 24.0 Å². The summed E-state index contributed by atoms with van der Waals surface area (Å²) in [6.07, 6.45) is -1.48. The molecular weight excluding hydrogens is 390 g/mol. The van der Waals surface area contributed by atoms with Crippen molar-refractivity contribution in [3.63, 3.8) is 0 Å². The largest absolute Gasteiger partial charge is 0.418 e. The Kier molecular flexibility index (Phi) is 9.16. The molecule has 4 nitrogen and oxygen atoms in total. The lowest BCUT2D eigenvalue weighted by Crippen LogP contribution is -2.39. The molecule has 26 heavy (non-hydrogen) atoms. The Hall–Kier alpha value is -1.02. The van der Waals surface area contributed by atoms with Crippen LogP contribution in [0.5, 0.6) is 0 Å². The highest BCUT2D eigenvalue weighted by Gasteiger charge is 2.35. The number of piperidine rings is 1. The summed E-state index contributed by atoms with van der Waals surface area (Å²) >= 11 is 5.86. The Morgan fingerprint density at radius 3 is 2.54 bits per heavy atom. The van der Waals surface area contributed by atoms with Crippen LogP contribution in [0.3, 0.4) is 0 Å². The zero-order valence-corrected chi connectivity index (χ0v) is 16.1. The van der Waals surface area contributed by atoms with Crippen molar-refractivity contribution in [1.29, 1.82) is 0 Å². The quantitative estimate of drug-likeness (QED) is 0.739. The fourth-order valence-electron chi connectivity index (χ4n) is 3.05. The van der Waals surface area contributed by atoms with Crippen molar-refractivity contribution in [3.05, 3.63) is 28.8 Å². The summed E-state index contributed by atoms with van der Waals surface area (Å²) < 4.78 is 39.2. The fourth-order valence-corrected chi connectivity index (χ4v) is 3.27. The predicted octanol–water partition coefficient (Wildman–Crippen LogP) is 4.04. The number of para-hydroxylation sites is 1. The average Bonchev–Trinajstić information content (AvgIpc) is 2.55. The van der Waals surface area contributed by atoms with Crippen LogP contribution in [0.15, 0.2) is 18.2 Å². The highest BCUT2D eigenvalue weighted by Crippen LogP contribution is 2.38. The van der Waals surface area contributed by atoms with Gasteiger partial charge in [-0.2, -0.15) is 13.2 Å². The molecule has 0 aromatic heterocycles. The van der Waals surface area contributed by atoms with Gasteiger partial charge in [0, 0.05) is 0 Å². The molecule has 1 aromatic rings. The first-order chi connectivity index (χ1) is 11.8. The van der Waals surface area contributed by atoms with Gasteiger partial charge in [-0.1, -0.05) is 17.7 Å². The maximum atomic E-state index is 13.1. The third-order valence-corrected chi connectivity index (χ3v) is 4.78. The molecule has 0 aliphatic carbocycles. The van der Waals surface area contributed by atoms with E-state index in [4.69, 9.17) is 11.6 Å². The van der Waals surface area contributed by atoms with E-state index in [0.717, 1.165) is 45.0 Å². The molecule has 1 fully saturated rings. The third kappa shape index (κ3) is 6.61. The Morgan fingerprint density at radius 1 is 1.31 bits per heavy atom. The molecule has 148 valence electrons. The molecule has 1 saturated heterocycles. The van der Waals surface area contributed by atoms with Gasteiger partial charge in [0.25, 0.3) is 0 Å². The Labute approximate surface area is 162 Å². The molecule has 2 N–H and O–H groups in total. The van der Waals surface area contributed by atoms with Crippen LogP contribution in [0.2, 0.25) is 5.02 Å². The highest BCUT2D eigenvalue weighted by atomic mass is 35.5. The number of rotatable bonds is 6. The van der Waals surface area contributed by atoms with Gasteiger partial charge in [0.1, 0.15) is 0 Å². The van der Waals surface area contributed by atoms with E-state index < -0.39 is 17.6 Å². The van der Waals surface area contributed by atoms with Gasteiger partial charge in [-0.15, -0.1) is 12.4 Å². The molecule has 0 spiro atoms. The molecule has 1 aromatic carbocycles. The lowest BCUT2D eigenvalue weighted by atomic mass is 9.93. The SMILES string of the molecule is CNCCC1CCN(CC(=O)Nc2c(Cl)cccc2C(F)(F)F)CC1.Cl. The third-order valence-electron chi connectivity index (χ3n) is 4.46. The molecule has 0 unspecified atom stereocenters. The molecule has 0 radical (unpaired) electrons.